The molecular weight excluding hydrogens is 453 g/mol. The maximum Gasteiger partial charge on any atom is 0.573 e. The zero-order valence-corrected chi connectivity index (χ0v) is 18.8. The Morgan fingerprint density at radius 3 is 2.29 bits per heavy atom. The van der Waals surface area contributed by atoms with Gasteiger partial charge in [0.2, 0.25) is 0 Å². The molecule has 0 N–H and O–H groups in total. The normalized spacial score (nSPS) is 15.8. The summed E-state index contributed by atoms with van der Waals surface area (Å²) in [5, 5.41) is 0. The molecular formula is C24H27F3N2O5. The molecule has 1 aliphatic rings. The van der Waals surface area contributed by atoms with Gasteiger partial charge in [-0.3, -0.25) is 14.5 Å². The van der Waals surface area contributed by atoms with E-state index in [0.717, 1.165) is 17.7 Å². The van der Waals surface area contributed by atoms with Gasteiger partial charge in [-0.15, -0.1) is 13.2 Å². The fraction of sp³-hybridized carbons (Fsp3) is 0.417. The zero-order chi connectivity index (χ0) is 24.6. The van der Waals surface area contributed by atoms with E-state index in [1.807, 2.05) is 35.2 Å². The molecule has 0 spiro atoms. The van der Waals surface area contributed by atoms with Crippen LogP contribution in [0.15, 0.2) is 54.6 Å². The minimum absolute atomic E-state index is 0.146. The molecule has 0 aliphatic carbocycles. The molecule has 34 heavy (non-hydrogen) atoms. The number of carbonyl (C=O) groups excluding carboxylic acids is 2. The van der Waals surface area contributed by atoms with Crippen molar-refractivity contribution in [3.05, 3.63) is 60.2 Å². The quantitative estimate of drug-likeness (QED) is 0.538. The summed E-state index contributed by atoms with van der Waals surface area (Å²) in [6.45, 7) is 4.06. The van der Waals surface area contributed by atoms with E-state index in [2.05, 4.69) is 4.74 Å². The first-order valence-electron chi connectivity index (χ1n) is 10.9. The minimum Gasteiger partial charge on any atom is -0.481 e. The first kappa shape index (κ1) is 25.4. The summed E-state index contributed by atoms with van der Waals surface area (Å²) in [5.41, 5.74) is 0.917. The van der Waals surface area contributed by atoms with Crippen LogP contribution in [0.25, 0.3) is 0 Å². The first-order chi connectivity index (χ1) is 16.2. The highest BCUT2D eigenvalue weighted by Crippen LogP contribution is 2.25. The highest BCUT2D eigenvalue weighted by atomic mass is 19.4. The summed E-state index contributed by atoms with van der Waals surface area (Å²) >= 11 is 0. The first-order valence-corrected chi connectivity index (χ1v) is 10.9. The second kappa shape index (κ2) is 11.7. The lowest BCUT2D eigenvalue weighted by atomic mass is 10.2. The predicted octanol–water partition coefficient (Wildman–Crippen LogP) is 3.63. The Labute approximate surface area is 196 Å². The maximum absolute atomic E-state index is 12.8. The molecule has 7 nitrogen and oxygen atoms in total. The van der Waals surface area contributed by atoms with Gasteiger partial charge in [0.1, 0.15) is 18.1 Å². The Hall–Kier alpha value is -3.27. The Balaban J connectivity index is 1.43. The maximum atomic E-state index is 12.8. The molecule has 1 aliphatic heterocycles. The average Bonchev–Trinajstić information content (AvgIpc) is 3.03. The number of rotatable bonds is 8. The number of esters is 1. The van der Waals surface area contributed by atoms with E-state index >= 15 is 0 Å². The summed E-state index contributed by atoms with van der Waals surface area (Å²) in [5.74, 6) is -0.663. The van der Waals surface area contributed by atoms with Gasteiger partial charge in [0, 0.05) is 26.2 Å². The Kier molecular flexibility index (Phi) is 8.75. The number of ether oxygens (including phenoxy) is 3. The summed E-state index contributed by atoms with van der Waals surface area (Å²) in [6.07, 6.45) is -4.91. The van der Waals surface area contributed by atoms with Crippen molar-refractivity contribution in [2.24, 2.45) is 0 Å². The van der Waals surface area contributed by atoms with Crippen molar-refractivity contribution in [2.75, 3.05) is 32.7 Å². The summed E-state index contributed by atoms with van der Waals surface area (Å²) in [4.78, 5) is 28.6. The third kappa shape index (κ3) is 8.26. The fourth-order valence-corrected chi connectivity index (χ4v) is 3.55. The van der Waals surface area contributed by atoms with Crippen LogP contribution in [0.5, 0.6) is 11.5 Å². The van der Waals surface area contributed by atoms with Crippen molar-refractivity contribution >= 4 is 11.9 Å². The van der Waals surface area contributed by atoms with E-state index in [0.29, 0.717) is 32.6 Å². The van der Waals surface area contributed by atoms with Crippen LogP contribution in [0.3, 0.4) is 0 Å². The molecule has 0 radical (unpaired) electrons. The van der Waals surface area contributed by atoms with Gasteiger partial charge < -0.3 is 19.1 Å². The van der Waals surface area contributed by atoms with Crippen LogP contribution in [0.1, 0.15) is 18.9 Å². The van der Waals surface area contributed by atoms with E-state index in [4.69, 9.17) is 9.47 Å². The fourth-order valence-electron chi connectivity index (χ4n) is 3.55. The molecule has 1 unspecified atom stereocenters. The van der Waals surface area contributed by atoms with Crippen LogP contribution in [0.2, 0.25) is 0 Å². The topological polar surface area (TPSA) is 68.3 Å². The molecule has 1 atom stereocenters. The van der Waals surface area contributed by atoms with Gasteiger partial charge in [-0.25, -0.2) is 0 Å². The van der Waals surface area contributed by atoms with Gasteiger partial charge in [-0.2, -0.15) is 0 Å². The SMILES string of the molecule is CC(Oc1ccc(OC(F)(F)F)cc1)C(=O)N1CCCN(CC(=O)OCc2ccccc2)CC1. The summed E-state index contributed by atoms with van der Waals surface area (Å²) in [6, 6.07) is 14.3. The highest BCUT2D eigenvalue weighted by Gasteiger charge is 2.31. The molecule has 1 saturated heterocycles. The van der Waals surface area contributed by atoms with Crippen molar-refractivity contribution in [2.45, 2.75) is 32.4 Å². The van der Waals surface area contributed by atoms with Crippen LogP contribution >= 0.6 is 0 Å². The number of alkyl halides is 3. The number of carbonyl (C=O) groups is 2. The second-order valence-corrected chi connectivity index (χ2v) is 7.88. The van der Waals surface area contributed by atoms with Crippen molar-refractivity contribution in [1.82, 2.24) is 9.80 Å². The van der Waals surface area contributed by atoms with Gasteiger partial charge >= 0.3 is 12.3 Å². The summed E-state index contributed by atoms with van der Waals surface area (Å²) in [7, 11) is 0. The molecule has 0 saturated carbocycles. The molecule has 2 aromatic rings. The molecule has 1 amide bonds. The lowest BCUT2D eigenvalue weighted by molar-refractivity contribution is -0.274. The van der Waals surface area contributed by atoms with Gasteiger partial charge in [-0.1, -0.05) is 30.3 Å². The monoisotopic (exact) mass is 480 g/mol. The number of hydrogen-bond acceptors (Lipinski definition) is 6. The van der Waals surface area contributed by atoms with Crippen molar-refractivity contribution in [1.29, 1.82) is 0 Å². The molecule has 3 rings (SSSR count). The Bertz CT molecular complexity index is 938. The zero-order valence-electron chi connectivity index (χ0n) is 18.8. The standard InChI is InChI=1S/C24H27F3N2O5/c1-18(33-20-8-10-21(11-9-20)34-24(25,26)27)23(31)29-13-5-12-28(14-15-29)16-22(30)32-17-19-6-3-2-4-7-19/h2-4,6-11,18H,5,12-17H2,1H3. The van der Waals surface area contributed by atoms with Crippen molar-refractivity contribution in [3.63, 3.8) is 0 Å². The van der Waals surface area contributed by atoms with Crippen LogP contribution in [0.4, 0.5) is 13.2 Å². The summed E-state index contributed by atoms with van der Waals surface area (Å²) < 4.78 is 51.6. The van der Waals surface area contributed by atoms with E-state index in [9.17, 15) is 22.8 Å². The average molecular weight is 480 g/mol. The highest BCUT2D eigenvalue weighted by molar-refractivity contribution is 5.81. The number of amides is 1. The van der Waals surface area contributed by atoms with E-state index < -0.39 is 12.5 Å². The van der Waals surface area contributed by atoms with Crippen molar-refractivity contribution in [3.8, 4) is 11.5 Å². The van der Waals surface area contributed by atoms with E-state index in [1.54, 1.807) is 11.8 Å². The minimum atomic E-state index is -4.77. The number of halogens is 3. The molecule has 10 heteroatoms. The molecule has 184 valence electrons. The number of benzene rings is 2. The van der Waals surface area contributed by atoms with Gasteiger partial charge in [0.25, 0.3) is 5.91 Å². The van der Waals surface area contributed by atoms with E-state index in [-0.39, 0.29) is 36.5 Å². The molecule has 2 aromatic carbocycles. The Morgan fingerprint density at radius 1 is 0.941 bits per heavy atom. The molecule has 1 fully saturated rings. The number of hydrogen-bond donors (Lipinski definition) is 0. The van der Waals surface area contributed by atoms with Gasteiger partial charge in [0.15, 0.2) is 6.10 Å². The molecule has 0 aromatic heterocycles. The largest absolute Gasteiger partial charge is 0.573 e. The van der Waals surface area contributed by atoms with E-state index in [1.165, 1.54) is 12.1 Å². The predicted molar refractivity (Wildman–Crippen MR) is 117 cm³/mol. The Morgan fingerprint density at radius 2 is 1.62 bits per heavy atom. The van der Waals surface area contributed by atoms with Crippen LogP contribution in [-0.2, 0) is 20.9 Å². The van der Waals surface area contributed by atoms with Crippen LogP contribution in [-0.4, -0.2) is 66.9 Å². The third-order valence-electron chi connectivity index (χ3n) is 5.21. The molecule has 0 bridgehead atoms. The smallest absolute Gasteiger partial charge is 0.481 e. The van der Waals surface area contributed by atoms with Crippen LogP contribution < -0.4 is 9.47 Å². The van der Waals surface area contributed by atoms with Gasteiger partial charge in [-0.05, 0) is 43.2 Å². The second-order valence-electron chi connectivity index (χ2n) is 7.88. The van der Waals surface area contributed by atoms with Crippen LogP contribution in [0, 0.1) is 0 Å². The third-order valence-corrected chi connectivity index (χ3v) is 5.21. The lowest BCUT2D eigenvalue weighted by Crippen LogP contribution is -2.42. The van der Waals surface area contributed by atoms with Gasteiger partial charge in [0.05, 0.1) is 6.54 Å². The lowest BCUT2D eigenvalue weighted by Gasteiger charge is -2.25. The number of nitrogens with zero attached hydrogens (tertiary/aromatic N) is 2. The molecule has 1 heterocycles. The van der Waals surface area contributed by atoms with Crippen molar-refractivity contribution < 1.29 is 37.0 Å².